The summed E-state index contributed by atoms with van der Waals surface area (Å²) in [5.41, 5.74) is -0.631. The van der Waals surface area contributed by atoms with Gasteiger partial charge >= 0.3 is 12.2 Å². The minimum absolute atomic E-state index is 0.0310. The first-order valence-corrected chi connectivity index (χ1v) is 10.4. The van der Waals surface area contributed by atoms with Crippen LogP contribution in [0, 0.1) is 0 Å². The maximum absolute atomic E-state index is 13.3. The second kappa shape index (κ2) is 9.34. The van der Waals surface area contributed by atoms with Gasteiger partial charge in [0.05, 0.1) is 11.6 Å². The van der Waals surface area contributed by atoms with Crippen LogP contribution in [0.2, 0.25) is 0 Å². The van der Waals surface area contributed by atoms with Crippen LogP contribution in [0.1, 0.15) is 49.8 Å². The molecule has 1 saturated carbocycles. The van der Waals surface area contributed by atoms with Crippen LogP contribution in [0.4, 0.5) is 18.0 Å². The van der Waals surface area contributed by atoms with E-state index in [4.69, 9.17) is 0 Å². The molecule has 1 aliphatic carbocycles. The molecule has 1 aromatic carbocycles. The summed E-state index contributed by atoms with van der Waals surface area (Å²) in [4.78, 5) is 17.3. The second-order valence-corrected chi connectivity index (χ2v) is 8.22. The monoisotopic (exact) mass is 412 g/mol. The lowest BCUT2D eigenvalue weighted by molar-refractivity contribution is -0.138. The zero-order valence-corrected chi connectivity index (χ0v) is 17.1. The molecule has 0 radical (unpaired) electrons. The van der Waals surface area contributed by atoms with Gasteiger partial charge in [0, 0.05) is 25.2 Å². The van der Waals surface area contributed by atoms with E-state index in [1.165, 1.54) is 12.1 Å². The molecule has 8 heteroatoms. The average Bonchev–Trinajstić information content (AvgIpc) is 3.00. The number of benzene rings is 1. The molecule has 29 heavy (non-hydrogen) atoms. The van der Waals surface area contributed by atoms with Gasteiger partial charge in [-0.15, -0.1) is 0 Å². The first kappa shape index (κ1) is 21.9. The van der Waals surface area contributed by atoms with E-state index >= 15 is 0 Å². The third kappa shape index (κ3) is 5.63. The van der Waals surface area contributed by atoms with Gasteiger partial charge in [-0.25, -0.2) is 4.79 Å². The van der Waals surface area contributed by atoms with Crippen molar-refractivity contribution in [3.63, 3.8) is 0 Å². The molecular weight excluding hydrogens is 381 g/mol. The Morgan fingerprint density at radius 2 is 1.86 bits per heavy atom. The maximum atomic E-state index is 13.3. The van der Waals surface area contributed by atoms with E-state index in [-0.39, 0.29) is 11.6 Å². The number of carbonyl (C=O) groups excluding carboxylic acids is 1. The zero-order valence-electron chi connectivity index (χ0n) is 17.1. The molecule has 0 bridgehead atoms. The Kier molecular flexibility index (Phi) is 7.05. The van der Waals surface area contributed by atoms with Gasteiger partial charge in [0.15, 0.2) is 0 Å². The highest BCUT2D eigenvalue weighted by Crippen LogP contribution is 2.34. The third-order valence-electron chi connectivity index (χ3n) is 6.10. The summed E-state index contributed by atoms with van der Waals surface area (Å²) < 4.78 is 39.8. The fourth-order valence-electron chi connectivity index (χ4n) is 4.56. The molecular formula is C21H31F3N4O. The Hall–Kier alpha value is -1.80. The molecule has 3 rings (SSSR count). The van der Waals surface area contributed by atoms with E-state index in [0.29, 0.717) is 6.04 Å². The highest BCUT2D eigenvalue weighted by atomic mass is 19.4. The lowest BCUT2D eigenvalue weighted by Gasteiger charge is -2.32. The number of rotatable bonds is 4. The maximum Gasteiger partial charge on any atom is 0.416 e. The van der Waals surface area contributed by atoms with Crippen molar-refractivity contribution in [3.8, 4) is 0 Å². The van der Waals surface area contributed by atoms with Crippen LogP contribution in [0.3, 0.4) is 0 Å². The first-order valence-electron chi connectivity index (χ1n) is 10.4. The summed E-state index contributed by atoms with van der Waals surface area (Å²) in [5, 5.41) is 5.73. The van der Waals surface area contributed by atoms with Crippen molar-refractivity contribution in [2.75, 3.05) is 33.2 Å². The minimum Gasteiger partial charge on any atom is -0.334 e. The van der Waals surface area contributed by atoms with Gasteiger partial charge in [-0.2, -0.15) is 13.2 Å². The number of alkyl halides is 3. The van der Waals surface area contributed by atoms with Crippen LogP contribution in [-0.2, 0) is 6.18 Å². The van der Waals surface area contributed by atoms with E-state index in [0.717, 1.165) is 57.9 Å². The molecule has 162 valence electrons. The van der Waals surface area contributed by atoms with E-state index in [9.17, 15) is 18.0 Å². The fraction of sp³-hybridized carbons (Fsp3) is 0.667. The number of nitrogens with one attached hydrogen (secondary N) is 2. The van der Waals surface area contributed by atoms with Crippen molar-refractivity contribution in [3.05, 3.63) is 35.4 Å². The topological polar surface area (TPSA) is 47.6 Å². The molecule has 2 aliphatic rings. The molecule has 2 N–H and O–H groups in total. The molecule has 5 nitrogen and oxygen atoms in total. The summed E-state index contributed by atoms with van der Waals surface area (Å²) in [6, 6.07) is 4.57. The SMILES string of the molecule is CC(NC(=O)NC1CCCC1N1CCCN(C)CC1)c1ccccc1C(F)(F)F. The Labute approximate surface area is 170 Å². The van der Waals surface area contributed by atoms with E-state index in [1.54, 1.807) is 13.0 Å². The largest absolute Gasteiger partial charge is 0.416 e. The molecule has 3 atom stereocenters. The van der Waals surface area contributed by atoms with E-state index in [2.05, 4.69) is 27.5 Å². The summed E-state index contributed by atoms with van der Waals surface area (Å²) in [5.74, 6) is 0. The highest BCUT2D eigenvalue weighted by Gasteiger charge is 2.36. The van der Waals surface area contributed by atoms with E-state index in [1.807, 2.05) is 0 Å². The second-order valence-electron chi connectivity index (χ2n) is 8.22. The fourth-order valence-corrected chi connectivity index (χ4v) is 4.56. The predicted molar refractivity (Wildman–Crippen MR) is 107 cm³/mol. The molecule has 1 saturated heterocycles. The number of likely N-dealkylation sites (N-methyl/N-ethyl adjacent to an activating group) is 1. The van der Waals surface area contributed by atoms with Crippen molar-refractivity contribution in [2.45, 2.75) is 56.9 Å². The predicted octanol–water partition coefficient (Wildman–Crippen LogP) is 3.62. The lowest BCUT2D eigenvalue weighted by atomic mass is 10.0. The van der Waals surface area contributed by atoms with Crippen LogP contribution in [0.15, 0.2) is 24.3 Å². The number of nitrogens with zero attached hydrogens (tertiary/aromatic N) is 2. The van der Waals surface area contributed by atoms with Crippen LogP contribution in [0.25, 0.3) is 0 Å². The van der Waals surface area contributed by atoms with Gasteiger partial charge in [0.1, 0.15) is 0 Å². The van der Waals surface area contributed by atoms with Gasteiger partial charge in [-0.05, 0) is 64.4 Å². The summed E-state index contributed by atoms with van der Waals surface area (Å²) in [6.45, 7) is 5.68. The third-order valence-corrected chi connectivity index (χ3v) is 6.10. The van der Waals surface area contributed by atoms with Gasteiger partial charge < -0.3 is 15.5 Å². The van der Waals surface area contributed by atoms with Crippen molar-refractivity contribution in [1.82, 2.24) is 20.4 Å². The number of hydrogen-bond donors (Lipinski definition) is 2. The number of amides is 2. The summed E-state index contributed by atoms with van der Waals surface area (Å²) in [6.07, 6.45) is -0.343. The van der Waals surface area contributed by atoms with Crippen molar-refractivity contribution < 1.29 is 18.0 Å². The highest BCUT2D eigenvalue weighted by molar-refractivity contribution is 5.75. The number of urea groups is 1. The van der Waals surface area contributed by atoms with Gasteiger partial charge in [-0.3, -0.25) is 4.90 Å². The zero-order chi connectivity index (χ0) is 21.0. The molecule has 1 aromatic rings. The van der Waals surface area contributed by atoms with Crippen LogP contribution < -0.4 is 10.6 Å². The summed E-state index contributed by atoms with van der Waals surface area (Å²) in [7, 11) is 2.13. The van der Waals surface area contributed by atoms with Crippen molar-refractivity contribution in [2.24, 2.45) is 0 Å². The number of carbonyl (C=O) groups is 1. The van der Waals surface area contributed by atoms with Gasteiger partial charge in [-0.1, -0.05) is 18.2 Å². The molecule has 0 spiro atoms. The van der Waals surface area contributed by atoms with Gasteiger partial charge in [0.2, 0.25) is 0 Å². The van der Waals surface area contributed by atoms with Crippen LogP contribution in [0.5, 0.6) is 0 Å². The minimum atomic E-state index is -4.44. The molecule has 1 aliphatic heterocycles. The normalized spacial score (nSPS) is 25.4. The number of hydrogen-bond acceptors (Lipinski definition) is 3. The van der Waals surface area contributed by atoms with Crippen LogP contribution in [-0.4, -0.2) is 61.1 Å². The molecule has 2 amide bonds. The molecule has 2 fully saturated rings. The Bertz CT molecular complexity index is 697. The number of halogens is 3. The first-order chi connectivity index (χ1) is 13.8. The Morgan fingerprint density at radius 1 is 1.10 bits per heavy atom. The van der Waals surface area contributed by atoms with Crippen LogP contribution >= 0.6 is 0 Å². The Morgan fingerprint density at radius 3 is 2.62 bits per heavy atom. The molecule has 3 unspecified atom stereocenters. The van der Waals surface area contributed by atoms with Crippen molar-refractivity contribution >= 4 is 6.03 Å². The molecule has 1 heterocycles. The average molecular weight is 413 g/mol. The Balaban J connectivity index is 1.60. The smallest absolute Gasteiger partial charge is 0.334 e. The van der Waals surface area contributed by atoms with E-state index < -0.39 is 23.8 Å². The lowest BCUT2D eigenvalue weighted by Crippen LogP contribution is -2.52. The molecule has 0 aromatic heterocycles. The summed E-state index contributed by atoms with van der Waals surface area (Å²) >= 11 is 0. The van der Waals surface area contributed by atoms with Crippen molar-refractivity contribution in [1.29, 1.82) is 0 Å². The quantitative estimate of drug-likeness (QED) is 0.794. The van der Waals surface area contributed by atoms with Gasteiger partial charge in [0.25, 0.3) is 0 Å². The standard InChI is InChI=1S/C21H31F3N4O/c1-15(16-7-3-4-8-17(16)21(22,23)24)25-20(29)26-18-9-5-10-19(18)28-12-6-11-27(2)13-14-28/h3-4,7-8,15,18-19H,5-6,9-14H2,1-2H3,(H2,25,26,29).